The van der Waals surface area contributed by atoms with Crippen molar-refractivity contribution >= 4 is 21.8 Å². The fourth-order valence-corrected chi connectivity index (χ4v) is 3.07. The number of hydrogen-bond acceptors (Lipinski definition) is 4. The Morgan fingerprint density at radius 1 is 1.19 bits per heavy atom. The van der Waals surface area contributed by atoms with Crippen molar-refractivity contribution in [2.24, 2.45) is 0 Å². The molecule has 1 aliphatic carbocycles. The molecule has 1 rings (SSSR count). The summed E-state index contributed by atoms with van der Waals surface area (Å²) in [6.45, 7) is 7.40. The van der Waals surface area contributed by atoms with Gasteiger partial charge >= 0.3 is 0 Å². The minimum Gasteiger partial charge on any atom is -0.350 e. The average Bonchev–Trinajstić information content (AvgIpc) is 2.54. The number of sulfonamides is 1. The molecule has 3 N–H and O–H groups in total. The van der Waals surface area contributed by atoms with Crippen LogP contribution in [0.5, 0.6) is 0 Å². The first kappa shape index (κ1) is 22.4. The van der Waals surface area contributed by atoms with E-state index in [0.717, 1.165) is 0 Å². The van der Waals surface area contributed by atoms with Crippen molar-refractivity contribution in [3.05, 3.63) is 23.8 Å². The number of rotatable bonds is 10. The van der Waals surface area contributed by atoms with E-state index >= 15 is 0 Å². The molecule has 0 aromatic carbocycles. The van der Waals surface area contributed by atoms with E-state index in [2.05, 4.69) is 15.4 Å². The van der Waals surface area contributed by atoms with E-state index in [0.29, 0.717) is 37.8 Å². The third-order valence-electron chi connectivity index (χ3n) is 3.88. The molecule has 0 heterocycles. The van der Waals surface area contributed by atoms with Gasteiger partial charge in [0.1, 0.15) is 0 Å². The van der Waals surface area contributed by atoms with Crippen molar-refractivity contribution in [1.29, 1.82) is 0 Å². The van der Waals surface area contributed by atoms with Gasteiger partial charge in [0.05, 0.1) is 11.3 Å². The first-order chi connectivity index (χ1) is 12.1. The fraction of sp³-hybridized carbons (Fsp3) is 0.667. The van der Waals surface area contributed by atoms with Crippen LogP contribution in [0.3, 0.4) is 0 Å². The molecule has 0 radical (unpaired) electrons. The van der Waals surface area contributed by atoms with E-state index in [-0.39, 0.29) is 23.9 Å². The fourth-order valence-electron chi connectivity index (χ4n) is 2.31. The summed E-state index contributed by atoms with van der Waals surface area (Å²) in [6, 6.07) is -0.0308. The Balaban J connectivity index is 2.24. The molecule has 0 fully saturated rings. The van der Waals surface area contributed by atoms with Crippen molar-refractivity contribution < 1.29 is 18.0 Å². The smallest absolute Gasteiger partial charge is 0.251 e. The zero-order valence-electron chi connectivity index (χ0n) is 16.0. The van der Waals surface area contributed by atoms with Crippen LogP contribution in [0.25, 0.3) is 0 Å². The maximum atomic E-state index is 12.0. The third kappa shape index (κ3) is 8.14. The monoisotopic (exact) mass is 385 g/mol. The van der Waals surface area contributed by atoms with Crippen molar-refractivity contribution in [3.8, 4) is 0 Å². The number of carbonyl (C=O) groups excluding carboxylic acids is 2. The van der Waals surface area contributed by atoms with Gasteiger partial charge in [-0.2, -0.15) is 0 Å². The predicted molar refractivity (Wildman–Crippen MR) is 103 cm³/mol. The zero-order chi connectivity index (χ0) is 19.7. The summed E-state index contributed by atoms with van der Waals surface area (Å²) in [5.41, 5.74) is 0.613. The maximum Gasteiger partial charge on any atom is 0.251 e. The molecule has 0 unspecified atom stereocenters. The van der Waals surface area contributed by atoms with E-state index in [9.17, 15) is 18.0 Å². The van der Waals surface area contributed by atoms with E-state index < -0.39 is 15.3 Å². The Morgan fingerprint density at radius 3 is 2.42 bits per heavy atom. The maximum absolute atomic E-state index is 12.0. The molecule has 0 bridgehead atoms. The van der Waals surface area contributed by atoms with Crippen LogP contribution in [-0.2, 0) is 19.6 Å². The van der Waals surface area contributed by atoms with Gasteiger partial charge in [-0.1, -0.05) is 18.2 Å². The minimum atomic E-state index is -3.24. The second-order valence-corrected chi connectivity index (χ2v) is 9.32. The quantitative estimate of drug-likeness (QED) is 0.494. The highest BCUT2D eigenvalue weighted by atomic mass is 32.2. The molecule has 0 spiro atoms. The SMILES string of the molecule is CC(C)NC(=O)C1=CC[C@@H](NC(=O)CCCCNS(=O)(=O)C(C)C)C=C1. The summed E-state index contributed by atoms with van der Waals surface area (Å²) in [5, 5.41) is 5.28. The molecule has 148 valence electrons. The van der Waals surface area contributed by atoms with Crippen LogP contribution in [0.2, 0.25) is 0 Å². The lowest BCUT2D eigenvalue weighted by atomic mass is 10.0. The zero-order valence-corrected chi connectivity index (χ0v) is 16.9. The molecule has 0 saturated carbocycles. The van der Waals surface area contributed by atoms with Crippen LogP contribution in [0, 0.1) is 0 Å². The van der Waals surface area contributed by atoms with Gasteiger partial charge < -0.3 is 10.6 Å². The lowest BCUT2D eigenvalue weighted by Crippen LogP contribution is -2.36. The molecule has 0 aromatic heterocycles. The molecule has 26 heavy (non-hydrogen) atoms. The van der Waals surface area contributed by atoms with Gasteiger partial charge in [0.15, 0.2) is 0 Å². The Bertz CT molecular complexity index is 651. The van der Waals surface area contributed by atoms with Gasteiger partial charge in [-0.3, -0.25) is 9.59 Å². The van der Waals surface area contributed by atoms with Gasteiger partial charge in [0, 0.05) is 24.6 Å². The summed E-state index contributed by atoms with van der Waals surface area (Å²) >= 11 is 0. The van der Waals surface area contributed by atoms with Gasteiger partial charge in [0.25, 0.3) is 5.91 Å². The Labute approximate surface area is 156 Å². The number of nitrogens with one attached hydrogen (secondary N) is 3. The van der Waals surface area contributed by atoms with Gasteiger partial charge in [-0.25, -0.2) is 13.1 Å². The summed E-state index contributed by atoms with van der Waals surface area (Å²) in [5.74, 6) is -0.181. The largest absolute Gasteiger partial charge is 0.350 e. The summed E-state index contributed by atoms with van der Waals surface area (Å²) in [7, 11) is -3.24. The molecule has 1 atom stereocenters. The van der Waals surface area contributed by atoms with E-state index in [1.54, 1.807) is 19.9 Å². The molecule has 7 nitrogen and oxygen atoms in total. The molecule has 8 heteroatoms. The van der Waals surface area contributed by atoms with Gasteiger partial charge in [-0.05, 0) is 47.0 Å². The normalized spacial score (nSPS) is 17.3. The molecule has 0 aromatic rings. The van der Waals surface area contributed by atoms with Crippen LogP contribution < -0.4 is 15.4 Å². The second-order valence-electron chi connectivity index (χ2n) is 7.00. The van der Waals surface area contributed by atoms with Crippen LogP contribution in [-0.4, -0.2) is 44.1 Å². The van der Waals surface area contributed by atoms with E-state index in [1.807, 2.05) is 26.0 Å². The lowest BCUT2D eigenvalue weighted by molar-refractivity contribution is -0.121. The summed E-state index contributed by atoms with van der Waals surface area (Å²) in [6.07, 6.45) is 7.52. The molecule has 1 aliphatic rings. The lowest BCUT2D eigenvalue weighted by Gasteiger charge is -2.18. The van der Waals surface area contributed by atoms with Gasteiger partial charge in [0.2, 0.25) is 15.9 Å². The van der Waals surface area contributed by atoms with Crippen LogP contribution >= 0.6 is 0 Å². The van der Waals surface area contributed by atoms with Crippen LogP contribution in [0.4, 0.5) is 0 Å². The first-order valence-electron chi connectivity index (χ1n) is 9.09. The van der Waals surface area contributed by atoms with E-state index in [1.165, 1.54) is 0 Å². The Hall–Kier alpha value is -1.67. The van der Waals surface area contributed by atoms with Crippen LogP contribution in [0.1, 0.15) is 53.4 Å². The predicted octanol–water partition coefficient (Wildman–Crippen LogP) is 1.38. The highest BCUT2D eigenvalue weighted by Crippen LogP contribution is 2.11. The van der Waals surface area contributed by atoms with Crippen molar-refractivity contribution in [1.82, 2.24) is 15.4 Å². The van der Waals surface area contributed by atoms with Crippen LogP contribution in [0.15, 0.2) is 23.8 Å². The van der Waals surface area contributed by atoms with Crippen molar-refractivity contribution in [2.45, 2.75) is 70.7 Å². The minimum absolute atomic E-state index is 0.0742. The van der Waals surface area contributed by atoms with E-state index in [4.69, 9.17) is 0 Å². The number of unbranched alkanes of at least 4 members (excludes halogenated alkanes) is 1. The highest BCUT2D eigenvalue weighted by molar-refractivity contribution is 7.90. The first-order valence-corrected chi connectivity index (χ1v) is 10.6. The number of carbonyl (C=O) groups is 2. The topological polar surface area (TPSA) is 104 Å². The van der Waals surface area contributed by atoms with Crippen molar-refractivity contribution in [3.63, 3.8) is 0 Å². The Morgan fingerprint density at radius 2 is 1.88 bits per heavy atom. The molecule has 0 saturated heterocycles. The molecular weight excluding hydrogens is 354 g/mol. The van der Waals surface area contributed by atoms with Gasteiger partial charge in [-0.15, -0.1) is 0 Å². The second kappa shape index (κ2) is 10.5. The average molecular weight is 386 g/mol. The molecule has 0 aliphatic heterocycles. The third-order valence-corrected chi connectivity index (χ3v) is 5.73. The summed E-state index contributed by atoms with van der Waals surface area (Å²) < 4.78 is 25.7. The van der Waals surface area contributed by atoms with Crippen molar-refractivity contribution in [2.75, 3.05) is 6.54 Å². The highest BCUT2D eigenvalue weighted by Gasteiger charge is 2.16. The molecular formula is C18H31N3O4S. The standard InChI is InChI=1S/C18H31N3O4S/c1-13(2)20-18(23)15-8-10-16(11-9-15)21-17(22)7-5-6-12-19-26(24,25)14(3)4/h8-10,13-14,16,19H,5-7,11-12H2,1-4H3,(H,20,23)(H,21,22)/t16-/m0/s1. The number of hydrogen-bond donors (Lipinski definition) is 3. The Kier molecular flexibility index (Phi) is 9.01. The number of amides is 2. The summed E-state index contributed by atoms with van der Waals surface area (Å²) in [4.78, 5) is 23.8. The molecule has 2 amide bonds.